The summed E-state index contributed by atoms with van der Waals surface area (Å²) in [5.74, 6) is 1.41. The number of carbonyl (C=O) groups excluding carboxylic acids is 1. The summed E-state index contributed by atoms with van der Waals surface area (Å²) in [6.45, 7) is 8.20. The molecule has 0 spiro atoms. The van der Waals surface area contributed by atoms with Gasteiger partial charge in [0.2, 0.25) is 5.91 Å². The van der Waals surface area contributed by atoms with Crippen LogP contribution in [0, 0.1) is 17.3 Å². The lowest BCUT2D eigenvalue weighted by molar-refractivity contribution is -0.126. The van der Waals surface area contributed by atoms with Crippen LogP contribution in [0.2, 0.25) is 0 Å². The Bertz CT molecular complexity index is 294. The number of nitrogens with one attached hydrogen (secondary N) is 1. The first-order valence-corrected chi connectivity index (χ1v) is 8.96. The van der Waals surface area contributed by atoms with Crippen LogP contribution in [0.25, 0.3) is 0 Å². The van der Waals surface area contributed by atoms with E-state index in [1.807, 2.05) is 0 Å². The van der Waals surface area contributed by atoms with Gasteiger partial charge >= 0.3 is 0 Å². The maximum atomic E-state index is 12.3. The minimum atomic E-state index is 0.160. The number of hydrogen-bond acceptors (Lipinski definition) is 2. The molecule has 0 saturated heterocycles. The average molecular weight is 296 g/mol. The van der Waals surface area contributed by atoms with E-state index in [9.17, 15) is 4.79 Å². The van der Waals surface area contributed by atoms with Gasteiger partial charge in [-0.3, -0.25) is 4.79 Å². The molecule has 3 heteroatoms. The van der Waals surface area contributed by atoms with Gasteiger partial charge in [0, 0.05) is 12.5 Å². The second-order valence-corrected chi connectivity index (χ2v) is 7.63. The molecule has 0 aromatic rings. The van der Waals surface area contributed by atoms with Crippen molar-refractivity contribution in [3.63, 3.8) is 0 Å². The van der Waals surface area contributed by atoms with Crippen LogP contribution in [0.1, 0.15) is 78.6 Å². The van der Waals surface area contributed by atoms with Crippen LogP contribution in [0.5, 0.6) is 0 Å². The minimum absolute atomic E-state index is 0.160. The molecule has 3 N–H and O–H groups in total. The molecule has 0 aliphatic heterocycles. The molecule has 3 nitrogen and oxygen atoms in total. The fourth-order valence-electron chi connectivity index (χ4n) is 3.35. The third-order valence-electron chi connectivity index (χ3n) is 4.98. The first-order valence-electron chi connectivity index (χ1n) is 8.96. The Morgan fingerprint density at radius 1 is 1.19 bits per heavy atom. The van der Waals surface area contributed by atoms with Crippen LogP contribution in [0.4, 0.5) is 0 Å². The van der Waals surface area contributed by atoms with Crippen LogP contribution in [-0.2, 0) is 4.79 Å². The summed E-state index contributed by atoms with van der Waals surface area (Å²) in [6.07, 6.45) is 10.8. The summed E-state index contributed by atoms with van der Waals surface area (Å²) in [5.41, 5.74) is 5.73. The fraction of sp³-hybridized carbons (Fsp3) is 0.944. The molecule has 1 fully saturated rings. The Morgan fingerprint density at radius 2 is 1.86 bits per heavy atom. The third-order valence-corrected chi connectivity index (χ3v) is 4.98. The highest BCUT2D eigenvalue weighted by atomic mass is 16.1. The van der Waals surface area contributed by atoms with E-state index < -0.39 is 0 Å². The number of amides is 1. The van der Waals surface area contributed by atoms with E-state index >= 15 is 0 Å². The molecule has 0 unspecified atom stereocenters. The summed E-state index contributed by atoms with van der Waals surface area (Å²) in [7, 11) is 0. The van der Waals surface area contributed by atoms with Crippen molar-refractivity contribution >= 4 is 5.91 Å². The predicted octanol–water partition coefficient (Wildman–Crippen LogP) is 3.86. The molecule has 1 rings (SSSR count). The molecule has 21 heavy (non-hydrogen) atoms. The topological polar surface area (TPSA) is 55.1 Å². The molecular weight excluding hydrogens is 260 g/mol. The fourth-order valence-corrected chi connectivity index (χ4v) is 3.35. The molecule has 1 aliphatic rings. The molecule has 1 amide bonds. The van der Waals surface area contributed by atoms with Crippen LogP contribution < -0.4 is 11.1 Å². The van der Waals surface area contributed by atoms with E-state index in [2.05, 4.69) is 26.1 Å². The Hall–Kier alpha value is -0.570. The van der Waals surface area contributed by atoms with Gasteiger partial charge in [-0.25, -0.2) is 0 Å². The second-order valence-electron chi connectivity index (χ2n) is 7.63. The van der Waals surface area contributed by atoms with Gasteiger partial charge in [-0.05, 0) is 56.4 Å². The van der Waals surface area contributed by atoms with Gasteiger partial charge in [0.1, 0.15) is 0 Å². The van der Waals surface area contributed by atoms with Crippen molar-refractivity contribution in [2.75, 3.05) is 13.1 Å². The van der Waals surface area contributed by atoms with E-state index in [1.54, 1.807) is 0 Å². The van der Waals surface area contributed by atoms with Crippen molar-refractivity contribution < 1.29 is 4.79 Å². The van der Waals surface area contributed by atoms with Crippen LogP contribution in [-0.4, -0.2) is 19.0 Å². The van der Waals surface area contributed by atoms with Crippen molar-refractivity contribution in [3.05, 3.63) is 0 Å². The normalized spacial score (nSPS) is 23.0. The maximum Gasteiger partial charge on any atom is 0.223 e. The van der Waals surface area contributed by atoms with Crippen molar-refractivity contribution in [1.82, 2.24) is 5.32 Å². The molecule has 1 aliphatic carbocycles. The predicted molar refractivity (Wildman–Crippen MR) is 90.1 cm³/mol. The number of carbonyl (C=O) groups is 1. The van der Waals surface area contributed by atoms with E-state index in [0.29, 0.717) is 0 Å². The van der Waals surface area contributed by atoms with Gasteiger partial charge in [0.15, 0.2) is 0 Å². The van der Waals surface area contributed by atoms with Gasteiger partial charge < -0.3 is 11.1 Å². The standard InChI is InChI=1S/C18H36N2O/c1-4-5-7-15-8-10-16(11-9-15)17(21)20-14-18(2,3)12-6-13-19/h15-16H,4-14,19H2,1-3H3,(H,20,21). The zero-order valence-corrected chi connectivity index (χ0v) is 14.4. The third kappa shape index (κ3) is 7.30. The largest absolute Gasteiger partial charge is 0.355 e. The van der Waals surface area contributed by atoms with Crippen molar-refractivity contribution in [2.45, 2.75) is 78.6 Å². The number of nitrogens with two attached hydrogens (primary N) is 1. The highest BCUT2D eigenvalue weighted by Crippen LogP contribution is 2.32. The summed E-state index contributed by atoms with van der Waals surface area (Å²) in [6, 6.07) is 0. The summed E-state index contributed by atoms with van der Waals surface area (Å²) < 4.78 is 0. The SMILES string of the molecule is CCCCC1CCC(C(=O)NCC(C)(C)CCCN)CC1. The first-order chi connectivity index (χ1) is 9.98. The lowest BCUT2D eigenvalue weighted by atomic mass is 9.79. The van der Waals surface area contributed by atoms with E-state index in [4.69, 9.17) is 5.73 Å². The average Bonchev–Trinajstić information content (AvgIpc) is 2.49. The van der Waals surface area contributed by atoms with Gasteiger partial charge in [0.05, 0.1) is 0 Å². The van der Waals surface area contributed by atoms with Gasteiger partial charge in [-0.1, -0.05) is 40.0 Å². The molecule has 0 radical (unpaired) electrons. The molecular formula is C18H36N2O. The zero-order chi connectivity index (χ0) is 15.7. The van der Waals surface area contributed by atoms with Gasteiger partial charge in [-0.2, -0.15) is 0 Å². The second kappa shape index (κ2) is 9.45. The highest BCUT2D eigenvalue weighted by molar-refractivity contribution is 5.78. The molecule has 0 atom stereocenters. The Labute approximate surface area is 131 Å². The number of rotatable bonds is 9. The summed E-state index contributed by atoms with van der Waals surface area (Å²) in [5, 5.41) is 3.18. The minimum Gasteiger partial charge on any atom is -0.355 e. The van der Waals surface area contributed by atoms with Crippen LogP contribution in [0.15, 0.2) is 0 Å². The molecule has 0 aromatic heterocycles. The van der Waals surface area contributed by atoms with Crippen LogP contribution in [0.3, 0.4) is 0 Å². The quantitative estimate of drug-likeness (QED) is 0.678. The van der Waals surface area contributed by atoms with Gasteiger partial charge in [0.25, 0.3) is 0 Å². The Balaban J connectivity index is 2.24. The number of hydrogen-bond donors (Lipinski definition) is 2. The summed E-state index contributed by atoms with van der Waals surface area (Å²) >= 11 is 0. The highest BCUT2D eigenvalue weighted by Gasteiger charge is 2.27. The summed E-state index contributed by atoms with van der Waals surface area (Å²) in [4.78, 5) is 12.3. The van der Waals surface area contributed by atoms with Crippen molar-refractivity contribution in [2.24, 2.45) is 23.0 Å². The first kappa shape index (κ1) is 18.5. The van der Waals surface area contributed by atoms with E-state index in [1.165, 1.54) is 32.1 Å². The Kier molecular flexibility index (Phi) is 8.31. The van der Waals surface area contributed by atoms with E-state index in [0.717, 1.165) is 44.7 Å². The van der Waals surface area contributed by atoms with E-state index in [-0.39, 0.29) is 17.2 Å². The lowest BCUT2D eigenvalue weighted by Gasteiger charge is -2.30. The molecule has 0 heterocycles. The molecule has 0 aromatic carbocycles. The lowest BCUT2D eigenvalue weighted by Crippen LogP contribution is -2.39. The van der Waals surface area contributed by atoms with Gasteiger partial charge in [-0.15, -0.1) is 0 Å². The monoisotopic (exact) mass is 296 g/mol. The number of unbranched alkanes of at least 4 members (excludes halogenated alkanes) is 1. The maximum absolute atomic E-state index is 12.3. The van der Waals surface area contributed by atoms with Crippen molar-refractivity contribution in [3.8, 4) is 0 Å². The zero-order valence-electron chi connectivity index (χ0n) is 14.4. The Morgan fingerprint density at radius 3 is 2.43 bits per heavy atom. The molecule has 1 saturated carbocycles. The van der Waals surface area contributed by atoms with Crippen molar-refractivity contribution in [1.29, 1.82) is 0 Å². The van der Waals surface area contributed by atoms with Crippen LogP contribution >= 0.6 is 0 Å². The smallest absolute Gasteiger partial charge is 0.223 e. The molecule has 0 bridgehead atoms. The molecule has 124 valence electrons.